The summed E-state index contributed by atoms with van der Waals surface area (Å²) in [6, 6.07) is 1.79. The van der Waals surface area contributed by atoms with Gasteiger partial charge in [-0.2, -0.15) is 0 Å². The van der Waals surface area contributed by atoms with Gasteiger partial charge in [-0.15, -0.1) is 0 Å². The summed E-state index contributed by atoms with van der Waals surface area (Å²) in [7, 11) is 4.79. The number of rotatable bonds is 4. The zero-order chi connectivity index (χ0) is 14.9. The Morgan fingerprint density at radius 2 is 2.05 bits per heavy atom. The van der Waals surface area contributed by atoms with Crippen LogP contribution in [0.2, 0.25) is 0 Å². The third-order valence-corrected chi connectivity index (χ3v) is 3.33. The Balaban J connectivity index is 2.72. The van der Waals surface area contributed by atoms with Gasteiger partial charge in [0.25, 0.3) is 0 Å². The number of nitrogens with zero attached hydrogens (tertiary/aromatic N) is 2. The van der Waals surface area contributed by atoms with Crippen LogP contribution in [0.5, 0.6) is 5.75 Å². The molecule has 0 amide bonds. The lowest BCUT2D eigenvalue weighted by Gasteiger charge is -2.13. The number of benzene rings is 1. The highest BCUT2D eigenvalue weighted by Crippen LogP contribution is 2.31. The van der Waals surface area contributed by atoms with E-state index in [2.05, 4.69) is 4.98 Å². The Labute approximate surface area is 117 Å². The quantitative estimate of drug-likeness (QED) is 0.632. The van der Waals surface area contributed by atoms with Crippen molar-refractivity contribution in [3.8, 4) is 5.75 Å². The number of carbonyl (C=O) groups excluding carboxylic acids is 1. The molecule has 0 spiro atoms. The van der Waals surface area contributed by atoms with Crippen molar-refractivity contribution in [1.29, 1.82) is 0 Å². The molecule has 0 saturated heterocycles. The number of carbonyl (C=O) groups is 1. The van der Waals surface area contributed by atoms with Gasteiger partial charge in [0, 0.05) is 20.2 Å². The minimum atomic E-state index is -0.446. The van der Waals surface area contributed by atoms with Crippen molar-refractivity contribution in [1.82, 2.24) is 9.55 Å². The summed E-state index contributed by atoms with van der Waals surface area (Å²) in [5.41, 5.74) is 2.80. The van der Waals surface area contributed by atoms with Crippen molar-refractivity contribution in [2.75, 3.05) is 21.0 Å². The number of hydrogen-bond acceptors (Lipinski definition) is 5. The Hall–Kier alpha value is -2.08. The molecule has 20 heavy (non-hydrogen) atoms. The maximum atomic E-state index is 12.0. The number of esters is 1. The molecule has 6 heteroatoms. The molecule has 0 atom stereocenters. The molecule has 0 saturated carbocycles. The molecular weight excluding hydrogens is 260 g/mol. The zero-order valence-corrected chi connectivity index (χ0v) is 12.3. The molecule has 0 aliphatic rings. The molecule has 6 nitrogen and oxygen atoms in total. The van der Waals surface area contributed by atoms with Crippen LogP contribution in [0, 0.1) is 13.8 Å². The van der Waals surface area contributed by atoms with E-state index in [-0.39, 0.29) is 6.79 Å². The highest BCUT2D eigenvalue weighted by Gasteiger charge is 2.22. The zero-order valence-electron chi connectivity index (χ0n) is 12.3. The SMILES string of the molecule is COCOc1cc2c(nc(C)n2C)c(C)c1C(=O)OC. The van der Waals surface area contributed by atoms with Gasteiger partial charge in [0.15, 0.2) is 6.79 Å². The third kappa shape index (κ3) is 2.22. The molecule has 0 radical (unpaired) electrons. The maximum absolute atomic E-state index is 12.0. The van der Waals surface area contributed by atoms with Crippen molar-refractivity contribution < 1.29 is 19.0 Å². The highest BCUT2D eigenvalue weighted by atomic mass is 16.7. The summed E-state index contributed by atoms with van der Waals surface area (Å²) in [5.74, 6) is 0.855. The van der Waals surface area contributed by atoms with E-state index in [0.717, 1.165) is 22.4 Å². The number of aromatic nitrogens is 2. The van der Waals surface area contributed by atoms with Crippen molar-refractivity contribution in [2.45, 2.75) is 13.8 Å². The van der Waals surface area contributed by atoms with Gasteiger partial charge in [-0.3, -0.25) is 0 Å². The second-order valence-corrected chi connectivity index (χ2v) is 4.50. The van der Waals surface area contributed by atoms with Gasteiger partial charge in [-0.25, -0.2) is 9.78 Å². The van der Waals surface area contributed by atoms with Crippen LogP contribution >= 0.6 is 0 Å². The average Bonchev–Trinajstić information content (AvgIpc) is 2.72. The summed E-state index contributed by atoms with van der Waals surface area (Å²) in [4.78, 5) is 16.5. The first-order valence-corrected chi connectivity index (χ1v) is 6.18. The molecule has 0 aliphatic heterocycles. The number of methoxy groups -OCH3 is 2. The van der Waals surface area contributed by atoms with Gasteiger partial charge in [-0.05, 0) is 19.4 Å². The average molecular weight is 278 g/mol. The fourth-order valence-corrected chi connectivity index (χ4v) is 2.16. The minimum Gasteiger partial charge on any atom is -0.467 e. The van der Waals surface area contributed by atoms with Gasteiger partial charge < -0.3 is 18.8 Å². The number of imidazole rings is 1. The molecular formula is C14H18N2O4. The third-order valence-electron chi connectivity index (χ3n) is 3.33. The fourth-order valence-electron chi connectivity index (χ4n) is 2.16. The van der Waals surface area contributed by atoms with Crippen molar-refractivity contribution in [2.24, 2.45) is 7.05 Å². The van der Waals surface area contributed by atoms with Crippen LogP contribution in [-0.2, 0) is 16.5 Å². The van der Waals surface area contributed by atoms with E-state index in [1.165, 1.54) is 14.2 Å². The summed E-state index contributed by atoms with van der Waals surface area (Å²) in [6.07, 6.45) is 0. The largest absolute Gasteiger partial charge is 0.467 e. The molecule has 0 bridgehead atoms. The van der Waals surface area contributed by atoms with Crippen LogP contribution in [0.1, 0.15) is 21.7 Å². The van der Waals surface area contributed by atoms with Gasteiger partial charge in [-0.1, -0.05) is 0 Å². The molecule has 1 aromatic carbocycles. The summed E-state index contributed by atoms with van der Waals surface area (Å²) in [6.45, 7) is 3.80. The molecule has 1 aromatic heterocycles. The molecule has 0 N–H and O–H groups in total. The lowest BCUT2D eigenvalue weighted by molar-refractivity contribution is 0.0465. The number of hydrogen-bond donors (Lipinski definition) is 0. The first kappa shape index (κ1) is 14.3. The Morgan fingerprint density at radius 1 is 1.35 bits per heavy atom. The predicted octanol–water partition coefficient (Wildman–Crippen LogP) is 1.96. The summed E-state index contributed by atoms with van der Waals surface area (Å²) >= 11 is 0. The van der Waals surface area contributed by atoms with E-state index in [1.54, 1.807) is 6.07 Å². The molecule has 0 fully saturated rings. The van der Waals surface area contributed by atoms with Crippen molar-refractivity contribution in [3.05, 3.63) is 23.0 Å². The van der Waals surface area contributed by atoms with Crippen LogP contribution in [0.3, 0.4) is 0 Å². The lowest BCUT2D eigenvalue weighted by atomic mass is 10.1. The standard InChI is InChI=1S/C14H18N2O4/c1-8-12(14(17)19-5)11(20-7-18-4)6-10-13(8)15-9(2)16(10)3/h6H,7H2,1-5H3. The number of fused-ring (bicyclic) bond motifs is 1. The van der Waals surface area contributed by atoms with E-state index >= 15 is 0 Å². The van der Waals surface area contributed by atoms with Crippen molar-refractivity contribution in [3.63, 3.8) is 0 Å². The fraction of sp³-hybridized carbons (Fsp3) is 0.429. The molecule has 0 aliphatic carbocycles. The van der Waals surface area contributed by atoms with E-state index in [0.29, 0.717) is 11.3 Å². The smallest absolute Gasteiger partial charge is 0.342 e. The monoisotopic (exact) mass is 278 g/mol. The minimum absolute atomic E-state index is 0.0613. The first-order valence-electron chi connectivity index (χ1n) is 6.18. The van der Waals surface area contributed by atoms with E-state index < -0.39 is 5.97 Å². The van der Waals surface area contributed by atoms with Crippen LogP contribution in [-0.4, -0.2) is 36.5 Å². The van der Waals surface area contributed by atoms with E-state index in [4.69, 9.17) is 14.2 Å². The number of ether oxygens (including phenoxy) is 3. The van der Waals surface area contributed by atoms with E-state index in [9.17, 15) is 4.79 Å². The van der Waals surface area contributed by atoms with Gasteiger partial charge in [0.05, 0.1) is 18.1 Å². The normalized spacial score (nSPS) is 10.8. The number of aryl methyl sites for hydroxylation is 3. The molecule has 1 heterocycles. The van der Waals surface area contributed by atoms with Crippen LogP contribution in [0.25, 0.3) is 11.0 Å². The maximum Gasteiger partial charge on any atom is 0.342 e. The Kier molecular flexibility index (Phi) is 3.94. The molecule has 2 aromatic rings. The van der Waals surface area contributed by atoms with Gasteiger partial charge in [0.1, 0.15) is 17.1 Å². The Morgan fingerprint density at radius 3 is 2.65 bits per heavy atom. The second kappa shape index (κ2) is 5.50. The summed E-state index contributed by atoms with van der Waals surface area (Å²) < 4.78 is 17.2. The summed E-state index contributed by atoms with van der Waals surface area (Å²) in [5, 5.41) is 0. The van der Waals surface area contributed by atoms with Gasteiger partial charge in [0.2, 0.25) is 0 Å². The molecule has 2 rings (SSSR count). The lowest BCUT2D eigenvalue weighted by Crippen LogP contribution is -2.10. The Bertz CT molecular complexity index is 661. The van der Waals surface area contributed by atoms with Crippen LogP contribution in [0.15, 0.2) is 6.07 Å². The van der Waals surface area contributed by atoms with Crippen LogP contribution in [0.4, 0.5) is 0 Å². The molecule has 108 valence electrons. The predicted molar refractivity (Wildman–Crippen MR) is 74.0 cm³/mol. The first-order chi connectivity index (χ1) is 9.51. The highest BCUT2D eigenvalue weighted by molar-refractivity contribution is 6.00. The van der Waals surface area contributed by atoms with E-state index in [1.807, 2.05) is 25.5 Å². The van der Waals surface area contributed by atoms with Gasteiger partial charge >= 0.3 is 5.97 Å². The topological polar surface area (TPSA) is 62.6 Å². The second-order valence-electron chi connectivity index (χ2n) is 4.50. The molecule has 0 unspecified atom stereocenters. The van der Waals surface area contributed by atoms with Crippen LogP contribution < -0.4 is 4.74 Å². The van der Waals surface area contributed by atoms with Crippen molar-refractivity contribution >= 4 is 17.0 Å².